The summed E-state index contributed by atoms with van der Waals surface area (Å²) in [6.45, 7) is 4.34. The van der Waals surface area contributed by atoms with E-state index in [1.807, 2.05) is 29.0 Å². The summed E-state index contributed by atoms with van der Waals surface area (Å²) in [5, 5.41) is 16.3. The van der Waals surface area contributed by atoms with Crippen LogP contribution in [-0.4, -0.2) is 16.1 Å². The second kappa shape index (κ2) is 7.02. The molecule has 23 heavy (non-hydrogen) atoms. The maximum atomic E-state index is 12.0. The zero-order valence-corrected chi connectivity index (χ0v) is 14.6. The molecule has 0 atom stereocenters. The molecule has 3 rings (SSSR count). The Bertz CT molecular complexity index is 777. The van der Waals surface area contributed by atoms with Crippen LogP contribution in [0.3, 0.4) is 0 Å². The molecule has 0 aliphatic heterocycles. The Hall–Kier alpha value is -2.05. The van der Waals surface area contributed by atoms with Crippen molar-refractivity contribution < 1.29 is 4.79 Å². The van der Waals surface area contributed by atoms with E-state index >= 15 is 0 Å². The first kappa shape index (κ1) is 15.8. The normalized spacial score (nSPS) is 10.9. The fourth-order valence-electron chi connectivity index (χ4n) is 2.14. The summed E-state index contributed by atoms with van der Waals surface area (Å²) in [7, 11) is 0. The van der Waals surface area contributed by atoms with Crippen LogP contribution >= 0.6 is 22.7 Å². The number of nitrogens with one attached hydrogen (secondary N) is 1. The van der Waals surface area contributed by atoms with Crippen LogP contribution in [0.1, 0.15) is 30.9 Å². The molecular formula is C17H17N3OS2. The van der Waals surface area contributed by atoms with Crippen molar-refractivity contribution >= 4 is 33.7 Å². The maximum absolute atomic E-state index is 12.0. The van der Waals surface area contributed by atoms with Gasteiger partial charge >= 0.3 is 0 Å². The Labute approximate surface area is 143 Å². The summed E-state index contributed by atoms with van der Waals surface area (Å²) in [6, 6.07) is 10.3. The lowest BCUT2D eigenvalue weighted by Gasteiger charge is -2.04. The van der Waals surface area contributed by atoms with Crippen LogP contribution < -0.4 is 5.32 Å². The van der Waals surface area contributed by atoms with E-state index in [0.717, 1.165) is 16.1 Å². The molecule has 0 saturated carbocycles. The molecule has 0 aliphatic rings. The Morgan fingerprint density at radius 3 is 2.61 bits per heavy atom. The molecule has 1 N–H and O–H groups in total. The van der Waals surface area contributed by atoms with Crippen molar-refractivity contribution in [1.82, 2.24) is 10.2 Å². The first-order valence-corrected chi connectivity index (χ1v) is 9.12. The molecular weight excluding hydrogens is 326 g/mol. The molecule has 2 aromatic heterocycles. The standard InChI is InChI=1S/C17H17N3OS2/c1-11(2)13-3-5-14(6-4-13)16-19-20-17(23-16)18-15(21)9-12-7-8-22-10-12/h3-8,10-11H,9H2,1-2H3,(H,18,20,21). The Kier molecular flexibility index (Phi) is 4.83. The molecule has 0 saturated heterocycles. The quantitative estimate of drug-likeness (QED) is 0.738. The van der Waals surface area contributed by atoms with Crippen molar-refractivity contribution in [3.8, 4) is 10.6 Å². The number of hydrogen-bond donors (Lipinski definition) is 1. The maximum Gasteiger partial charge on any atom is 0.230 e. The highest BCUT2D eigenvalue weighted by Gasteiger charge is 2.11. The van der Waals surface area contributed by atoms with Crippen molar-refractivity contribution in [2.45, 2.75) is 26.2 Å². The van der Waals surface area contributed by atoms with Crippen LogP contribution in [0.2, 0.25) is 0 Å². The van der Waals surface area contributed by atoms with Crippen LogP contribution in [0.25, 0.3) is 10.6 Å². The number of anilines is 1. The van der Waals surface area contributed by atoms with Gasteiger partial charge in [0.05, 0.1) is 6.42 Å². The fraction of sp³-hybridized carbons (Fsp3) is 0.235. The van der Waals surface area contributed by atoms with E-state index in [1.54, 1.807) is 11.3 Å². The number of carbonyl (C=O) groups excluding carboxylic acids is 1. The van der Waals surface area contributed by atoms with Crippen LogP contribution in [0, 0.1) is 0 Å². The summed E-state index contributed by atoms with van der Waals surface area (Å²) in [5.74, 6) is 0.437. The van der Waals surface area contributed by atoms with E-state index in [-0.39, 0.29) is 5.91 Å². The van der Waals surface area contributed by atoms with Gasteiger partial charge in [-0.05, 0) is 33.9 Å². The van der Waals surface area contributed by atoms with Gasteiger partial charge in [-0.25, -0.2) is 0 Å². The van der Waals surface area contributed by atoms with Gasteiger partial charge in [0.2, 0.25) is 11.0 Å². The van der Waals surface area contributed by atoms with E-state index in [1.165, 1.54) is 16.9 Å². The predicted molar refractivity (Wildman–Crippen MR) is 96.1 cm³/mol. The Morgan fingerprint density at radius 1 is 1.17 bits per heavy atom. The summed E-state index contributed by atoms with van der Waals surface area (Å²) in [6.07, 6.45) is 0.363. The zero-order chi connectivity index (χ0) is 16.2. The number of amides is 1. The van der Waals surface area contributed by atoms with Crippen molar-refractivity contribution in [1.29, 1.82) is 0 Å². The second-order valence-corrected chi connectivity index (χ2v) is 7.30. The first-order chi connectivity index (χ1) is 11.1. The third-order valence-electron chi connectivity index (χ3n) is 3.44. The van der Waals surface area contributed by atoms with Gasteiger partial charge in [-0.2, -0.15) is 11.3 Å². The van der Waals surface area contributed by atoms with Crippen molar-refractivity contribution in [3.05, 3.63) is 52.2 Å². The third-order valence-corrected chi connectivity index (χ3v) is 5.06. The van der Waals surface area contributed by atoms with E-state index < -0.39 is 0 Å². The molecule has 3 aromatic rings. The summed E-state index contributed by atoms with van der Waals surface area (Å²) in [4.78, 5) is 12.0. The topological polar surface area (TPSA) is 54.9 Å². The van der Waals surface area contributed by atoms with Crippen LogP contribution in [-0.2, 0) is 11.2 Å². The number of benzene rings is 1. The van der Waals surface area contributed by atoms with Gasteiger partial charge < -0.3 is 5.32 Å². The highest BCUT2D eigenvalue weighted by atomic mass is 32.1. The smallest absolute Gasteiger partial charge is 0.230 e. The molecule has 4 nitrogen and oxygen atoms in total. The number of carbonyl (C=O) groups is 1. The summed E-state index contributed by atoms with van der Waals surface area (Å²) >= 11 is 2.98. The molecule has 118 valence electrons. The third kappa shape index (κ3) is 4.03. The molecule has 0 unspecified atom stereocenters. The monoisotopic (exact) mass is 343 g/mol. The number of rotatable bonds is 5. The van der Waals surface area contributed by atoms with Crippen molar-refractivity contribution in [3.63, 3.8) is 0 Å². The van der Waals surface area contributed by atoms with Gasteiger partial charge in [0.25, 0.3) is 0 Å². The van der Waals surface area contributed by atoms with E-state index in [9.17, 15) is 4.79 Å². The lowest BCUT2D eigenvalue weighted by molar-refractivity contribution is -0.115. The highest BCUT2D eigenvalue weighted by Crippen LogP contribution is 2.27. The molecule has 6 heteroatoms. The minimum Gasteiger partial charge on any atom is -0.300 e. The van der Waals surface area contributed by atoms with Crippen LogP contribution in [0.4, 0.5) is 5.13 Å². The SMILES string of the molecule is CC(C)c1ccc(-c2nnc(NC(=O)Cc3ccsc3)s2)cc1. The molecule has 0 spiro atoms. The van der Waals surface area contributed by atoms with E-state index in [2.05, 4.69) is 41.5 Å². The average Bonchev–Trinajstić information content (AvgIpc) is 3.19. The molecule has 0 aliphatic carbocycles. The minimum absolute atomic E-state index is 0.0683. The molecule has 0 radical (unpaired) electrons. The van der Waals surface area contributed by atoms with Gasteiger partial charge in [-0.3, -0.25) is 4.79 Å². The second-order valence-electron chi connectivity index (χ2n) is 5.55. The largest absolute Gasteiger partial charge is 0.300 e. The van der Waals surface area contributed by atoms with Gasteiger partial charge in [-0.1, -0.05) is 49.4 Å². The van der Waals surface area contributed by atoms with Crippen molar-refractivity contribution in [2.24, 2.45) is 0 Å². The Morgan fingerprint density at radius 2 is 1.96 bits per heavy atom. The van der Waals surface area contributed by atoms with Crippen molar-refractivity contribution in [2.75, 3.05) is 5.32 Å². The average molecular weight is 343 g/mol. The van der Waals surface area contributed by atoms with Crippen LogP contribution in [0.15, 0.2) is 41.1 Å². The van der Waals surface area contributed by atoms with Gasteiger partial charge in [0.1, 0.15) is 5.01 Å². The molecule has 0 bridgehead atoms. The van der Waals surface area contributed by atoms with E-state index in [0.29, 0.717) is 17.5 Å². The predicted octanol–water partition coefficient (Wildman–Crippen LogP) is 4.57. The minimum atomic E-state index is -0.0683. The molecule has 0 fully saturated rings. The summed E-state index contributed by atoms with van der Waals surface area (Å²) < 4.78 is 0. The van der Waals surface area contributed by atoms with E-state index in [4.69, 9.17) is 0 Å². The number of nitrogens with zero attached hydrogens (tertiary/aromatic N) is 2. The Balaban J connectivity index is 1.66. The lowest BCUT2D eigenvalue weighted by atomic mass is 10.0. The molecule has 1 aromatic carbocycles. The molecule has 2 heterocycles. The summed E-state index contributed by atoms with van der Waals surface area (Å²) in [5.41, 5.74) is 3.33. The number of hydrogen-bond acceptors (Lipinski definition) is 5. The van der Waals surface area contributed by atoms with Gasteiger partial charge in [0, 0.05) is 5.56 Å². The fourth-order valence-corrected chi connectivity index (χ4v) is 3.58. The first-order valence-electron chi connectivity index (χ1n) is 7.36. The number of thiophene rings is 1. The number of aromatic nitrogens is 2. The van der Waals surface area contributed by atoms with Gasteiger partial charge in [0.15, 0.2) is 0 Å². The highest BCUT2D eigenvalue weighted by molar-refractivity contribution is 7.18. The molecule has 1 amide bonds. The van der Waals surface area contributed by atoms with Gasteiger partial charge in [-0.15, -0.1) is 10.2 Å². The zero-order valence-electron chi connectivity index (χ0n) is 12.9. The van der Waals surface area contributed by atoms with Crippen LogP contribution in [0.5, 0.6) is 0 Å². The lowest BCUT2D eigenvalue weighted by Crippen LogP contribution is -2.13.